The molecule has 0 atom stereocenters. The Hall–Kier alpha value is -2.12. The Bertz CT molecular complexity index is 933. The molecule has 2 aromatic rings. The van der Waals surface area contributed by atoms with Gasteiger partial charge in [0.15, 0.2) is 0 Å². The first-order chi connectivity index (χ1) is 12.0. The first-order valence-corrected chi connectivity index (χ1v) is 10.0. The van der Waals surface area contributed by atoms with Crippen LogP contribution in [0.4, 0.5) is 0 Å². The minimum atomic E-state index is -3.60. The fraction of sp³-hybridized carbons (Fsp3) is 0.389. The molecule has 6 nitrogen and oxygen atoms in total. The number of nitrogens with zero attached hydrogens (tertiary/aromatic N) is 3. The van der Waals surface area contributed by atoms with E-state index in [2.05, 4.69) is 0 Å². The minimum absolute atomic E-state index is 0.0980. The fourth-order valence-electron chi connectivity index (χ4n) is 3.61. The molecule has 132 valence electrons. The van der Waals surface area contributed by atoms with Crippen LogP contribution in [0.25, 0.3) is 0 Å². The van der Waals surface area contributed by atoms with E-state index in [1.807, 2.05) is 31.2 Å². The fourth-order valence-corrected chi connectivity index (χ4v) is 5.07. The van der Waals surface area contributed by atoms with Gasteiger partial charge in [-0.1, -0.05) is 24.3 Å². The highest BCUT2D eigenvalue weighted by Crippen LogP contribution is 2.27. The van der Waals surface area contributed by atoms with Crippen LogP contribution in [0.1, 0.15) is 28.5 Å². The van der Waals surface area contributed by atoms with E-state index < -0.39 is 10.0 Å². The van der Waals surface area contributed by atoms with Gasteiger partial charge in [0.1, 0.15) is 10.6 Å². The molecule has 3 heterocycles. The number of likely N-dealkylation sites (N-methyl/N-ethyl adjacent to an activating group) is 1. The molecule has 1 aromatic heterocycles. The number of aromatic nitrogens is 1. The average molecular weight is 359 g/mol. The summed E-state index contributed by atoms with van der Waals surface area (Å²) in [7, 11) is -3.60. The molecule has 0 aliphatic carbocycles. The number of benzene rings is 1. The van der Waals surface area contributed by atoms with Crippen molar-refractivity contribution in [2.75, 3.05) is 19.6 Å². The predicted molar refractivity (Wildman–Crippen MR) is 93.8 cm³/mol. The van der Waals surface area contributed by atoms with Gasteiger partial charge in [0.2, 0.25) is 10.0 Å². The maximum Gasteiger partial charge on any atom is 0.270 e. The molecule has 1 aromatic carbocycles. The van der Waals surface area contributed by atoms with Gasteiger partial charge in [-0.3, -0.25) is 4.79 Å². The van der Waals surface area contributed by atoms with Gasteiger partial charge >= 0.3 is 0 Å². The molecule has 25 heavy (non-hydrogen) atoms. The van der Waals surface area contributed by atoms with E-state index in [-0.39, 0.29) is 10.8 Å². The number of carbonyl (C=O) groups is 1. The number of hydrogen-bond donors (Lipinski definition) is 0. The van der Waals surface area contributed by atoms with Crippen molar-refractivity contribution < 1.29 is 13.2 Å². The van der Waals surface area contributed by atoms with Crippen molar-refractivity contribution in [3.63, 3.8) is 0 Å². The van der Waals surface area contributed by atoms with Gasteiger partial charge in [0.25, 0.3) is 5.91 Å². The Morgan fingerprint density at radius 1 is 1.08 bits per heavy atom. The molecule has 4 rings (SSSR count). The summed E-state index contributed by atoms with van der Waals surface area (Å²) in [5.41, 5.74) is 2.72. The van der Waals surface area contributed by atoms with Crippen molar-refractivity contribution in [2.24, 2.45) is 0 Å². The maximum atomic E-state index is 13.1. The van der Waals surface area contributed by atoms with Crippen LogP contribution >= 0.6 is 0 Å². The molecule has 0 saturated carbocycles. The normalized spacial score (nSPS) is 18.1. The Kier molecular flexibility index (Phi) is 3.92. The highest BCUT2D eigenvalue weighted by atomic mass is 32.2. The number of sulfonamides is 1. The van der Waals surface area contributed by atoms with Crippen molar-refractivity contribution in [1.29, 1.82) is 0 Å². The summed E-state index contributed by atoms with van der Waals surface area (Å²) in [6.07, 6.45) is 2.32. The quantitative estimate of drug-likeness (QED) is 0.838. The lowest BCUT2D eigenvalue weighted by molar-refractivity contribution is 0.0715. The maximum absolute atomic E-state index is 13.1. The molecule has 0 radical (unpaired) electrons. The van der Waals surface area contributed by atoms with E-state index in [1.165, 1.54) is 15.9 Å². The molecule has 0 unspecified atom stereocenters. The molecule has 0 fully saturated rings. The van der Waals surface area contributed by atoms with Crippen LogP contribution in [0, 0.1) is 0 Å². The van der Waals surface area contributed by atoms with Crippen LogP contribution in [0.3, 0.4) is 0 Å². The van der Waals surface area contributed by atoms with Crippen LogP contribution in [-0.2, 0) is 29.5 Å². The third-order valence-electron chi connectivity index (χ3n) is 5.10. The van der Waals surface area contributed by atoms with Gasteiger partial charge in [-0.15, -0.1) is 0 Å². The first-order valence-electron chi connectivity index (χ1n) is 8.57. The zero-order valence-electron chi connectivity index (χ0n) is 14.2. The Balaban J connectivity index is 1.65. The van der Waals surface area contributed by atoms with Gasteiger partial charge in [-0.05, 0) is 30.5 Å². The van der Waals surface area contributed by atoms with Gasteiger partial charge < -0.3 is 9.47 Å². The van der Waals surface area contributed by atoms with E-state index in [9.17, 15) is 13.2 Å². The van der Waals surface area contributed by atoms with E-state index in [4.69, 9.17) is 0 Å². The topological polar surface area (TPSA) is 62.6 Å². The van der Waals surface area contributed by atoms with Gasteiger partial charge in [-0.25, -0.2) is 8.42 Å². The van der Waals surface area contributed by atoms with Crippen molar-refractivity contribution in [3.8, 4) is 0 Å². The number of rotatable bonds is 3. The van der Waals surface area contributed by atoms with Crippen molar-refractivity contribution in [2.45, 2.75) is 31.3 Å². The summed E-state index contributed by atoms with van der Waals surface area (Å²) in [5, 5.41) is 0. The van der Waals surface area contributed by atoms with E-state index in [0.717, 1.165) is 5.56 Å². The molecule has 2 aliphatic rings. The largest absolute Gasteiger partial charge is 0.340 e. The second-order valence-corrected chi connectivity index (χ2v) is 8.43. The molecule has 0 N–H and O–H groups in total. The zero-order chi connectivity index (χ0) is 17.6. The van der Waals surface area contributed by atoms with Crippen LogP contribution in [0.2, 0.25) is 0 Å². The summed E-state index contributed by atoms with van der Waals surface area (Å²) in [4.78, 5) is 14.4. The summed E-state index contributed by atoms with van der Waals surface area (Å²) in [5.74, 6) is -0.0980. The molecule has 2 aliphatic heterocycles. The SMILES string of the molecule is CCN1CCn2cc(S(=O)(=O)N3CCc4ccccc4C3)cc2C1=O. The summed E-state index contributed by atoms with van der Waals surface area (Å²) in [6, 6.07) is 9.47. The van der Waals surface area contributed by atoms with Crippen LogP contribution < -0.4 is 0 Å². The summed E-state index contributed by atoms with van der Waals surface area (Å²) >= 11 is 0. The predicted octanol–water partition coefficient (Wildman–Crippen LogP) is 1.71. The van der Waals surface area contributed by atoms with E-state index >= 15 is 0 Å². The standard InChI is InChI=1S/C18H21N3O3S/c1-2-19-9-10-20-13-16(11-17(20)18(19)22)25(23,24)21-8-7-14-5-3-4-6-15(14)12-21/h3-6,11,13H,2,7-10,12H2,1H3. The van der Waals surface area contributed by atoms with Gasteiger partial charge in [-0.2, -0.15) is 4.31 Å². The van der Waals surface area contributed by atoms with Crippen LogP contribution in [-0.4, -0.2) is 47.7 Å². The van der Waals surface area contributed by atoms with Crippen molar-refractivity contribution >= 4 is 15.9 Å². The smallest absolute Gasteiger partial charge is 0.270 e. The van der Waals surface area contributed by atoms with Crippen molar-refractivity contribution in [1.82, 2.24) is 13.8 Å². The van der Waals surface area contributed by atoms with Gasteiger partial charge in [0.05, 0.1) is 0 Å². The summed E-state index contributed by atoms with van der Waals surface area (Å²) < 4.78 is 29.4. The number of fused-ring (bicyclic) bond motifs is 2. The second-order valence-electron chi connectivity index (χ2n) is 6.50. The molecule has 1 amide bonds. The Labute approximate surface area is 147 Å². The van der Waals surface area contributed by atoms with Gasteiger partial charge in [0, 0.05) is 38.9 Å². The number of amides is 1. The lowest BCUT2D eigenvalue weighted by Gasteiger charge is -2.27. The Morgan fingerprint density at radius 3 is 2.60 bits per heavy atom. The van der Waals surface area contributed by atoms with Crippen LogP contribution in [0.5, 0.6) is 0 Å². The highest BCUT2D eigenvalue weighted by molar-refractivity contribution is 7.89. The van der Waals surface area contributed by atoms with E-state index in [1.54, 1.807) is 15.7 Å². The monoisotopic (exact) mass is 359 g/mol. The lowest BCUT2D eigenvalue weighted by Crippen LogP contribution is -2.39. The number of hydrogen-bond acceptors (Lipinski definition) is 3. The molecular formula is C18H21N3O3S. The first kappa shape index (κ1) is 16.4. The molecule has 0 bridgehead atoms. The Morgan fingerprint density at radius 2 is 1.84 bits per heavy atom. The summed E-state index contributed by atoms with van der Waals surface area (Å²) in [6.45, 7) is 4.66. The second kappa shape index (κ2) is 6.00. The number of carbonyl (C=O) groups excluding carboxylic acids is 1. The molecule has 0 spiro atoms. The average Bonchev–Trinajstić information content (AvgIpc) is 3.08. The highest BCUT2D eigenvalue weighted by Gasteiger charge is 2.32. The van der Waals surface area contributed by atoms with Crippen LogP contribution in [0.15, 0.2) is 41.4 Å². The van der Waals surface area contributed by atoms with Crippen molar-refractivity contribution in [3.05, 3.63) is 53.3 Å². The van der Waals surface area contributed by atoms with E-state index in [0.29, 0.717) is 44.8 Å². The lowest BCUT2D eigenvalue weighted by atomic mass is 10.0. The molecule has 0 saturated heterocycles. The molecule has 7 heteroatoms. The minimum Gasteiger partial charge on any atom is -0.340 e. The molecular weight excluding hydrogens is 338 g/mol. The zero-order valence-corrected chi connectivity index (χ0v) is 15.0. The third kappa shape index (κ3) is 2.67. The third-order valence-corrected chi connectivity index (χ3v) is 6.91.